The first-order valence-corrected chi connectivity index (χ1v) is 31.3. The first-order chi connectivity index (χ1) is 38.3. The molecule has 10 fully saturated rings. The molecule has 3 saturated carbocycles. The van der Waals surface area contributed by atoms with Gasteiger partial charge in [0, 0.05) is 90.4 Å². The maximum atomic E-state index is 15.6. The predicted octanol–water partition coefficient (Wildman–Crippen LogP) is 9.29. The molecular weight excluding hydrogens is 1030 g/mol. The SMILES string of the molecule is CO[C@@H](C)c1ncc(C2CCN(C3CC3)CC2)cc1-c1c2c3cc(ccc3n1CCO[C@H]1CCOC(C)(C)C1)-c1csc(n1)[C@@H](N1CC3CC1C3)[C@H](NC(=O)C1CC(C)(C)[C@@H](C)O1)C(=O)N1N[C@H](C(=O)OCC(C)(C)C2)C2CC1C2. The molecule has 17 heteroatoms. The summed E-state index contributed by atoms with van der Waals surface area (Å²) in [4.78, 5) is 61.1. The van der Waals surface area contributed by atoms with Crippen LogP contribution in [0.5, 0.6) is 0 Å². The molecule has 3 aromatic heterocycles. The number of fused-ring (bicyclic) bond motifs is 5. The van der Waals surface area contributed by atoms with Crippen LogP contribution < -0.4 is 10.7 Å². The second-order valence-electron chi connectivity index (χ2n) is 27.7. The van der Waals surface area contributed by atoms with Crippen LogP contribution in [-0.4, -0.2) is 148 Å². The van der Waals surface area contributed by atoms with Crippen molar-refractivity contribution in [1.29, 1.82) is 0 Å². The third kappa shape index (κ3) is 10.4. The molecular formula is C63H86N8O8S. The number of cyclic esters (lactones) is 1. The molecule has 11 heterocycles. The van der Waals surface area contributed by atoms with E-state index in [4.69, 9.17) is 33.7 Å². The van der Waals surface area contributed by atoms with Crippen molar-refractivity contribution in [3.63, 3.8) is 0 Å². The highest BCUT2D eigenvalue weighted by molar-refractivity contribution is 7.10. The van der Waals surface area contributed by atoms with E-state index in [1.165, 1.54) is 18.4 Å². The lowest BCUT2D eigenvalue weighted by atomic mass is 9.73. The molecule has 1 aromatic carbocycles. The summed E-state index contributed by atoms with van der Waals surface area (Å²) >= 11 is 1.56. The van der Waals surface area contributed by atoms with Crippen LogP contribution in [0.3, 0.4) is 0 Å². The Labute approximate surface area is 476 Å². The van der Waals surface area contributed by atoms with E-state index in [9.17, 15) is 9.59 Å². The topological polar surface area (TPSA) is 162 Å². The van der Waals surface area contributed by atoms with Crippen LogP contribution in [0.1, 0.15) is 166 Å². The zero-order valence-electron chi connectivity index (χ0n) is 48.8. The number of carbonyl (C=O) groups is 3. The van der Waals surface area contributed by atoms with Crippen molar-refractivity contribution in [3.8, 4) is 22.5 Å². The van der Waals surface area contributed by atoms with Crippen molar-refractivity contribution in [2.75, 3.05) is 46.6 Å². The molecule has 0 radical (unpaired) electrons. The maximum absolute atomic E-state index is 15.6. The minimum absolute atomic E-state index is 0.0244. The van der Waals surface area contributed by atoms with Crippen molar-refractivity contribution in [3.05, 3.63) is 57.7 Å². The summed E-state index contributed by atoms with van der Waals surface area (Å²) in [7, 11) is 1.76. The molecule has 10 bridgehead atoms. The van der Waals surface area contributed by atoms with E-state index in [1.807, 2.05) is 6.92 Å². The number of likely N-dealkylation sites (tertiary alicyclic amines) is 1. The Morgan fingerprint density at radius 1 is 0.975 bits per heavy atom. The number of hydrogen-bond donors (Lipinski definition) is 2. The average Bonchev–Trinajstić information content (AvgIpc) is 3.42. The molecule has 11 aliphatic rings. The first-order valence-electron chi connectivity index (χ1n) is 30.4. The van der Waals surface area contributed by atoms with E-state index in [2.05, 4.69) is 109 Å². The minimum Gasteiger partial charge on any atom is -0.464 e. The van der Waals surface area contributed by atoms with E-state index in [0.29, 0.717) is 57.3 Å². The van der Waals surface area contributed by atoms with Gasteiger partial charge in [0.1, 0.15) is 23.2 Å². The predicted molar refractivity (Wildman–Crippen MR) is 307 cm³/mol. The summed E-state index contributed by atoms with van der Waals surface area (Å²) in [6.07, 6.45) is 12.2. The third-order valence-corrected chi connectivity index (χ3v) is 21.3. The van der Waals surface area contributed by atoms with E-state index >= 15 is 4.79 Å². The van der Waals surface area contributed by atoms with Gasteiger partial charge in [-0.3, -0.25) is 29.3 Å². The summed E-state index contributed by atoms with van der Waals surface area (Å²) < 4.78 is 34.5. The van der Waals surface area contributed by atoms with Gasteiger partial charge in [-0.15, -0.1) is 11.3 Å². The standard InChI is InChI=1S/C63H86N8O8S/c1-35(75-9)52-47(27-41(31-64-52)38-14-17-68(18-15-38)42-11-12-42)55-48-29-61(3,4)34-77-60(74)53-40-24-44(25-40)71(67-53)59(73)54(66-57(72)51-30-62(5,6)36(2)79-51)56(70-32-37-22-43(70)23-37)58-65-49(33-80-58)39-10-13-50(46(48)26-39)69(55)19-21-76-45-16-20-78-63(7,8)28-45/h10,13,26-27,31,33,35-38,40,42-45,51,53-54,56,67H,11-12,14-25,28-30,32,34H2,1-9H3,(H,66,72)/t35-,36+,37?,40?,43?,44?,45-,51?,53-,54-,56-/m0/s1. The lowest BCUT2D eigenvalue weighted by Gasteiger charge is -2.53. The van der Waals surface area contributed by atoms with E-state index in [1.54, 1.807) is 23.5 Å². The van der Waals surface area contributed by atoms with Crippen molar-refractivity contribution < 1.29 is 38.1 Å². The van der Waals surface area contributed by atoms with Gasteiger partial charge in [0.05, 0.1) is 60.3 Å². The van der Waals surface area contributed by atoms with Crippen LogP contribution in [0.25, 0.3) is 33.4 Å². The first kappa shape index (κ1) is 54.9. The van der Waals surface area contributed by atoms with Gasteiger partial charge in [0.25, 0.3) is 5.91 Å². The number of rotatable bonds is 12. The smallest absolute Gasteiger partial charge is 0.325 e. The van der Waals surface area contributed by atoms with Crippen molar-refractivity contribution >= 4 is 40.0 Å². The highest BCUT2D eigenvalue weighted by Gasteiger charge is 2.56. The number of carbonyl (C=O) groups excluding carboxylic acids is 3. The number of hydrazine groups is 1. The van der Waals surface area contributed by atoms with E-state index in [-0.39, 0.29) is 71.7 Å². The Morgan fingerprint density at radius 3 is 2.46 bits per heavy atom. The van der Waals surface area contributed by atoms with Gasteiger partial charge in [-0.2, -0.15) is 0 Å². The van der Waals surface area contributed by atoms with Crippen LogP contribution >= 0.6 is 11.3 Å². The van der Waals surface area contributed by atoms with Gasteiger partial charge in [0.2, 0.25) is 5.91 Å². The summed E-state index contributed by atoms with van der Waals surface area (Å²) in [5.41, 5.74) is 10.7. The summed E-state index contributed by atoms with van der Waals surface area (Å²) in [6, 6.07) is 7.82. The number of nitrogens with zero attached hydrogens (tertiary/aromatic N) is 6. The van der Waals surface area contributed by atoms with Gasteiger partial charge in [0.15, 0.2) is 0 Å². The average molecular weight is 1120 g/mol. The van der Waals surface area contributed by atoms with Gasteiger partial charge >= 0.3 is 5.97 Å². The molecule has 2 N–H and O–H groups in total. The fourth-order valence-electron chi connectivity index (χ4n) is 15.0. The molecule has 16 nitrogen and oxygen atoms in total. The van der Waals surface area contributed by atoms with Gasteiger partial charge < -0.3 is 38.5 Å². The normalized spacial score (nSPS) is 32.7. The molecule has 432 valence electrons. The van der Waals surface area contributed by atoms with Crippen molar-refractivity contribution in [2.24, 2.45) is 22.7 Å². The Hall–Kier alpha value is -4.33. The number of piperidine rings is 1. The van der Waals surface area contributed by atoms with Gasteiger partial charge in [-0.25, -0.2) is 10.4 Å². The third-order valence-electron chi connectivity index (χ3n) is 20.4. The largest absolute Gasteiger partial charge is 0.464 e. The number of esters is 1. The molecule has 4 aromatic rings. The summed E-state index contributed by atoms with van der Waals surface area (Å²) in [5.74, 6) is 0.0257. The minimum atomic E-state index is -0.999. The van der Waals surface area contributed by atoms with E-state index < -0.39 is 29.6 Å². The quantitative estimate of drug-likeness (QED) is 0.129. The summed E-state index contributed by atoms with van der Waals surface area (Å²) in [6.45, 7) is 22.0. The highest BCUT2D eigenvalue weighted by Crippen LogP contribution is 2.50. The molecule has 15 rings (SSSR count). The number of ether oxygens (including phenoxy) is 5. The number of nitrogens with one attached hydrogen (secondary N) is 2. The molecule has 2 amide bonds. The Bertz CT molecular complexity index is 3000. The van der Waals surface area contributed by atoms with Gasteiger partial charge in [-0.1, -0.05) is 33.8 Å². The Morgan fingerprint density at radius 2 is 1.76 bits per heavy atom. The molecule has 8 aliphatic heterocycles. The number of thiazole rings is 1. The molecule has 3 aliphatic carbocycles. The molecule has 7 atom stereocenters. The van der Waals surface area contributed by atoms with Crippen molar-refractivity contribution in [2.45, 2.75) is 211 Å². The number of benzene rings is 1. The van der Waals surface area contributed by atoms with Crippen LogP contribution in [0.15, 0.2) is 35.8 Å². The second kappa shape index (κ2) is 21.1. The lowest BCUT2D eigenvalue weighted by molar-refractivity contribution is -0.172. The molecule has 1 unspecified atom stereocenters. The van der Waals surface area contributed by atoms with Gasteiger partial charge in [-0.05, 0) is 164 Å². The van der Waals surface area contributed by atoms with Crippen LogP contribution in [0.4, 0.5) is 0 Å². The summed E-state index contributed by atoms with van der Waals surface area (Å²) in [5, 5.41) is 9.01. The number of amides is 2. The Balaban J connectivity index is 0.955. The molecule has 80 heavy (non-hydrogen) atoms. The molecule has 7 saturated heterocycles. The maximum Gasteiger partial charge on any atom is 0.325 e. The Kier molecular flexibility index (Phi) is 14.5. The highest BCUT2D eigenvalue weighted by atomic mass is 32.1. The zero-order valence-corrected chi connectivity index (χ0v) is 49.6. The number of methoxy groups -OCH3 is 1. The second-order valence-corrected chi connectivity index (χ2v) is 28.6. The monoisotopic (exact) mass is 1110 g/mol. The fourth-order valence-corrected chi connectivity index (χ4v) is 16.0. The van der Waals surface area contributed by atoms with E-state index in [0.717, 1.165) is 114 Å². The lowest BCUT2D eigenvalue weighted by Crippen LogP contribution is -2.72. The number of pyridine rings is 1. The van der Waals surface area contributed by atoms with Crippen LogP contribution in [-0.2, 0) is 51.0 Å². The fraction of sp³-hybridized carbons (Fsp3) is 0.698. The zero-order chi connectivity index (χ0) is 55.6. The number of hydrogen-bond acceptors (Lipinski definition) is 14. The van der Waals surface area contributed by atoms with Crippen LogP contribution in [0, 0.1) is 22.7 Å². The van der Waals surface area contributed by atoms with Crippen LogP contribution in [0.2, 0.25) is 0 Å². The number of aromatic nitrogens is 3. The van der Waals surface area contributed by atoms with Crippen molar-refractivity contribution in [1.82, 2.24) is 40.1 Å². The molecule has 0 spiro atoms.